The SMILES string of the molecule is CC(CC[C@@H](C)[C@H]1CC[C@H]2[C@@H]3CC=C4C[C@@H](OO[C@@H]5OC[C@@H](O)[C@@H](O)[C@@H]5O)CC[C@]4(C)[C@H]3CC[C@]12C)C(C)(C)O. The van der Waals surface area contributed by atoms with Gasteiger partial charge in [-0.2, -0.15) is 0 Å². The summed E-state index contributed by atoms with van der Waals surface area (Å²) >= 11 is 0. The number of aliphatic hydroxyl groups excluding tert-OH is 3. The molecule has 4 aliphatic carbocycles. The van der Waals surface area contributed by atoms with Crippen LogP contribution in [0.15, 0.2) is 11.6 Å². The summed E-state index contributed by atoms with van der Waals surface area (Å²) in [7, 11) is 0. The van der Waals surface area contributed by atoms with E-state index in [1.54, 1.807) is 0 Å². The van der Waals surface area contributed by atoms with Gasteiger partial charge in [0.25, 0.3) is 0 Å². The Balaban J connectivity index is 1.20. The van der Waals surface area contributed by atoms with E-state index in [9.17, 15) is 20.4 Å². The molecule has 0 amide bonds. The molecule has 13 atom stereocenters. The molecule has 1 aliphatic heterocycles. The van der Waals surface area contributed by atoms with Gasteiger partial charge in [-0.3, -0.25) is 0 Å². The number of aliphatic hydroxyl groups is 4. The molecular weight excluding hydrogens is 508 g/mol. The van der Waals surface area contributed by atoms with Crippen molar-refractivity contribution >= 4 is 0 Å². The van der Waals surface area contributed by atoms with E-state index in [4.69, 9.17) is 14.5 Å². The van der Waals surface area contributed by atoms with Gasteiger partial charge in [0.1, 0.15) is 18.3 Å². The molecule has 4 fully saturated rings. The zero-order valence-electron chi connectivity index (χ0n) is 25.7. The molecule has 4 N–H and O–H groups in total. The van der Waals surface area contributed by atoms with Crippen molar-refractivity contribution in [3.8, 4) is 0 Å². The molecule has 0 bridgehead atoms. The zero-order chi connectivity index (χ0) is 29.0. The molecule has 230 valence electrons. The number of ether oxygens (including phenoxy) is 1. The van der Waals surface area contributed by atoms with E-state index in [1.165, 1.54) is 37.7 Å². The van der Waals surface area contributed by atoms with Gasteiger partial charge in [0, 0.05) is 0 Å². The van der Waals surface area contributed by atoms with Gasteiger partial charge in [-0.25, -0.2) is 9.78 Å². The van der Waals surface area contributed by atoms with Gasteiger partial charge < -0.3 is 25.2 Å². The highest BCUT2D eigenvalue weighted by Gasteiger charge is 2.59. The first-order chi connectivity index (χ1) is 18.8. The average Bonchev–Trinajstić information content (AvgIpc) is 3.26. The van der Waals surface area contributed by atoms with Gasteiger partial charge in [0.05, 0.1) is 18.3 Å². The second-order valence-electron chi connectivity index (χ2n) is 15.4. The molecule has 0 radical (unpaired) electrons. The molecule has 1 saturated heterocycles. The summed E-state index contributed by atoms with van der Waals surface area (Å²) in [6.45, 7) is 13.6. The maximum atomic E-state index is 10.4. The number of fused-ring (bicyclic) bond motifs is 5. The van der Waals surface area contributed by atoms with Crippen molar-refractivity contribution in [2.24, 2.45) is 46.3 Å². The summed E-state index contributed by atoms with van der Waals surface area (Å²) in [5, 5.41) is 40.2. The standard InChI is InChI=1S/C33H56O7/c1-19(7-8-20(2)31(3,4)37)24-11-12-25-23-10-9-21-17-22(39-40-30-29(36)28(35)27(34)18-38-30)13-15-32(21,5)26(23)14-16-33(24,25)6/h9,19-20,22-30,34-37H,7-8,10-18H2,1-6H3/t19-,20?,22+,23+,24-,25+,26+,27-,28-,29+,30+,32+,33-/m1/s1. The Labute approximate surface area is 241 Å². The number of hydrogen-bond acceptors (Lipinski definition) is 7. The Hall–Kier alpha value is -0.540. The van der Waals surface area contributed by atoms with Crippen LogP contribution in [0.1, 0.15) is 106 Å². The second kappa shape index (κ2) is 11.5. The molecule has 7 nitrogen and oxygen atoms in total. The van der Waals surface area contributed by atoms with Crippen molar-refractivity contribution < 1.29 is 34.9 Å². The third kappa shape index (κ3) is 5.58. The second-order valence-corrected chi connectivity index (χ2v) is 15.4. The molecule has 0 aromatic rings. The summed E-state index contributed by atoms with van der Waals surface area (Å²) in [4.78, 5) is 11.2. The first-order valence-corrected chi connectivity index (χ1v) is 16.2. The summed E-state index contributed by atoms with van der Waals surface area (Å²) in [5.74, 6) is 4.07. The molecule has 5 rings (SSSR count). The van der Waals surface area contributed by atoms with E-state index < -0.39 is 30.2 Å². The largest absolute Gasteiger partial charge is 0.390 e. The Kier molecular flexibility index (Phi) is 8.90. The molecule has 1 unspecified atom stereocenters. The predicted octanol–water partition coefficient (Wildman–Crippen LogP) is 5.14. The fourth-order valence-corrected chi connectivity index (χ4v) is 9.75. The lowest BCUT2D eigenvalue weighted by molar-refractivity contribution is -0.431. The van der Waals surface area contributed by atoms with Crippen LogP contribution in [-0.2, 0) is 14.5 Å². The lowest BCUT2D eigenvalue weighted by atomic mass is 9.47. The van der Waals surface area contributed by atoms with Crippen molar-refractivity contribution in [1.82, 2.24) is 0 Å². The van der Waals surface area contributed by atoms with Crippen LogP contribution in [0.4, 0.5) is 0 Å². The summed E-state index contributed by atoms with van der Waals surface area (Å²) in [5.41, 5.74) is 1.53. The monoisotopic (exact) mass is 564 g/mol. The van der Waals surface area contributed by atoms with Crippen LogP contribution in [0.25, 0.3) is 0 Å². The minimum atomic E-state index is -1.34. The fraction of sp³-hybridized carbons (Fsp3) is 0.939. The van der Waals surface area contributed by atoms with Crippen LogP contribution >= 0.6 is 0 Å². The van der Waals surface area contributed by atoms with Gasteiger partial charge in [-0.1, -0.05) is 45.8 Å². The van der Waals surface area contributed by atoms with Crippen LogP contribution in [0, 0.1) is 46.3 Å². The third-order valence-corrected chi connectivity index (χ3v) is 12.8. The van der Waals surface area contributed by atoms with Crippen molar-refractivity contribution in [3.63, 3.8) is 0 Å². The van der Waals surface area contributed by atoms with E-state index in [0.717, 1.165) is 55.8 Å². The lowest BCUT2D eigenvalue weighted by Gasteiger charge is -2.58. The molecule has 0 spiro atoms. The molecular formula is C33H56O7. The van der Waals surface area contributed by atoms with Crippen LogP contribution in [0.2, 0.25) is 0 Å². The van der Waals surface area contributed by atoms with Crippen molar-refractivity contribution in [2.45, 2.75) is 142 Å². The van der Waals surface area contributed by atoms with Crippen LogP contribution in [-0.4, -0.2) is 63.3 Å². The van der Waals surface area contributed by atoms with Crippen LogP contribution in [0.3, 0.4) is 0 Å². The maximum Gasteiger partial charge on any atom is 0.220 e. The first kappa shape index (κ1) is 30.9. The third-order valence-electron chi connectivity index (χ3n) is 12.8. The molecule has 7 heteroatoms. The zero-order valence-corrected chi connectivity index (χ0v) is 25.7. The van der Waals surface area contributed by atoms with Gasteiger partial charge in [-0.15, -0.1) is 0 Å². The number of allylic oxidation sites excluding steroid dienone is 1. The highest BCUT2D eigenvalue weighted by atomic mass is 17.2. The smallest absolute Gasteiger partial charge is 0.220 e. The average molecular weight is 565 g/mol. The Bertz CT molecular complexity index is 915. The van der Waals surface area contributed by atoms with E-state index in [-0.39, 0.29) is 18.1 Å². The first-order valence-electron chi connectivity index (χ1n) is 16.2. The predicted molar refractivity (Wildman–Crippen MR) is 153 cm³/mol. The van der Waals surface area contributed by atoms with E-state index in [1.807, 2.05) is 13.8 Å². The van der Waals surface area contributed by atoms with Gasteiger partial charge in [-0.05, 0) is 118 Å². The van der Waals surface area contributed by atoms with Crippen molar-refractivity contribution in [3.05, 3.63) is 11.6 Å². The molecule has 0 aromatic heterocycles. The summed E-state index contributed by atoms with van der Waals surface area (Å²) in [6, 6.07) is 0. The van der Waals surface area contributed by atoms with Gasteiger partial charge in [0.15, 0.2) is 0 Å². The number of rotatable bonds is 8. The van der Waals surface area contributed by atoms with Crippen LogP contribution < -0.4 is 0 Å². The minimum absolute atomic E-state index is 0.0944. The Morgan fingerprint density at radius 3 is 2.45 bits per heavy atom. The maximum absolute atomic E-state index is 10.4. The van der Waals surface area contributed by atoms with Gasteiger partial charge in [0.2, 0.25) is 6.29 Å². The molecule has 3 saturated carbocycles. The van der Waals surface area contributed by atoms with Gasteiger partial charge >= 0.3 is 0 Å². The highest BCUT2D eigenvalue weighted by Crippen LogP contribution is 2.67. The highest BCUT2D eigenvalue weighted by molar-refractivity contribution is 5.25. The molecule has 0 aromatic carbocycles. The van der Waals surface area contributed by atoms with E-state index in [0.29, 0.717) is 17.3 Å². The number of hydrogen-bond donors (Lipinski definition) is 4. The van der Waals surface area contributed by atoms with Crippen LogP contribution in [0.5, 0.6) is 0 Å². The van der Waals surface area contributed by atoms with Crippen molar-refractivity contribution in [2.75, 3.05) is 6.61 Å². The lowest BCUT2D eigenvalue weighted by Crippen LogP contribution is -2.54. The molecule has 40 heavy (non-hydrogen) atoms. The van der Waals surface area contributed by atoms with E-state index >= 15 is 0 Å². The fourth-order valence-electron chi connectivity index (χ4n) is 9.75. The Morgan fingerprint density at radius 1 is 0.975 bits per heavy atom. The molecule has 1 heterocycles. The molecule has 5 aliphatic rings. The topological polar surface area (TPSA) is 109 Å². The Morgan fingerprint density at radius 2 is 1.73 bits per heavy atom. The quantitative estimate of drug-likeness (QED) is 0.184. The summed E-state index contributed by atoms with van der Waals surface area (Å²) < 4.78 is 5.34. The minimum Gasteiger partial charge on any atom is -0.390 e. The normalized spacial score (nSPS) is 47.0. The van der Waals surface area contributed by atoms with Crippen molar-refractivity contribution in [1.29, 1.82) is 0 Å². The van der Waals surface area contributed by atoms with E-state index in [2.05, 4.69) is 33.8 Å². The summed E-state index contributed by atoms with van der Waals surface area (Å²) in [6.07, 6.45) is 9.16.